The zero-order chi connectivity index (χ0) is 11.2. The molecule has 0 aliphatic heterocycles. The van der Waals surface area contributed by atoms with Crippen LogP contribution in [0.3, 0.4) is 0 Å². The summed E-state index contributed by atoms with van der Waals surface area (Å²) in [7, 11) is 0. The first-order chi connectivity index (χ1) is 6.41. The van der Waals surface area contributed by atoms with E-state index >= 15 is 0 Å². The van der Waals surface area contributed by atoms with Crippen molar-refractivity contribution >= 4 is 11.8 Å². The second kappa shape index (κ2) is 6.52. The Morgan fingerprint density at radius 1 is 1.43 bits per heavy atom. The quantitative estimate of drug-likeness (QED) is 0.757. The van der Waals surface area contributed by atoms with Gasteiger partial charge in [0.25, 0.3) is 0 Å². The summed E-state index contributed by atoms with van der Waals surface area (Å²) in [5.74, 6) is 1.67. The van der Waals surface area contributed by atoms with Crippen LogP contribution in [0.2, 0.25) is 0 Å². The van der Waals surface area contributed by atoms with Gasteiger partial charge in [0.2, 0.25) is 0 Å². The maximum Gasteiger partial charge on any atom is 0.01000 e. The predicted octanol–water partition coefficient (Wildman–Crippen LogP) is 3.65. The molecule has 0 aliphatic carbocycles. The molecule has 0 bridgehead atoms. The normalized spacial score (nSPS) is 15.7. The van der Waals surface area contributed by atoms with Gasteiger partial charge in [-0.05, 0) is 22.7 Å². The molecule has 0 heterocycles. The van der Waals surface area contributed by atoms with Crippen LogP contribution in [0.1, 0.15) is 41.0 Å². The summed E-state index contributed by atoms with van der Waals surface area (Å²) in [4.78, 5) is 1.48. The average molecular weight is 215 g/mol. The molecule has 0 fully saturated rings. The van der Waals surface area contributed by atoms with Gasteiger partial charge in [0.1, 0.15) is 0 Å². The molecule has 0 rings (SSSR count). The highest BCUT2D eigenvalue weighted by molar-refractivity contribution is 8.03. The van der Waals surface area contributed by atoms with E-state index in [0.717, 1.165) is 18.7 Å². The zero-order valence-electron chi connectivity index (χ0n) is 10.3. The number of rotatable bonds is 5. The fourth-order valence-electron chi connectivity index (χ4n) is 0.987. The van der Waals surface area contributed by atoms with Crippen molar-refractivity contribution in [3.05, 3.63) is 11.0 Å². The van der Waals surface area contributed by atoms with Crippen LogP contribution < -0.4 is 5.73 Å². The fraction of sp³-hybridized carbons (Fsp3) is 0.833. The summed E-state index contributed by atoms with van der Waals surface area (Å²) in [6, 6.07) is 0. The molecule has 0 saturated carbocycles. The zero-order valence-corrected chi connectivity index (χ0v) is 11.1. The molecule has 0 saturated heterocycles. The monoisotopic (exact) mass is 215 g/mol. The predicted molar refractivity (Wildman–Crippen MR) is 68.5 cm³/mol. The molecule has 1 nitrogen and oxygen atoms in total. The second-order valence-corrected chi connectivity index (χ2v) is 6.00. The highest BCUT2D eigenvalue weighted by Gasteiger charge is 2.18. The van der Waals surface area contributed by atoms with Crippen molar-refractivity contribution in [3.8, 4) is 0 Å². The Morgan fingerprint density at radius 3 is 2.36 bits per heavy atom. The van der Waals surface area contributed by atoms with Crippen molar-refractivity contribution < 1.29 is 0 Å². The Balaban J connectivity index is 4.28. The van der Waals surface area contributed by atoms with Crippen LogP contribution in [-0.2, 0) is 0 Å². The SMILES string of the molecule is CC/C(=C\C(C)C(C)(C)C)SCCN. The van der Waals surface area contributed by atoms with Crippen LogP contribution in [0.5, 0.6) is 0 Å². The summed E-state index contributed by atoms with van der Waals surface area (Å²) in [6.07, 6.45) is 3.53. The lowest BCUT2D eigenvalue weighted by molar-refractivity contribution is 0.314. The molecule has 0 aliphatic rings. The van der Waals surface area contributed by atoms with Gasteiger partial charge in [-0.1, -0.05) is 40.7 Å². The summed E-state index contributed by atoms with van der Waals surface area (Å²) in [5.41, 5.74) is 5.86. The van der Waals surface area contributed by atoms with E-state index in [0.29, 0.717) is 11.3 Å². The first-order valence-corrected chi connectivity index (χ1v) is 6.44. The minimum absolute atomic E-state index is 0.365. The van der Waals surface area contributed by atoms with E-state index in [1.54, 1.807) is 0 Å². The molecule has 0 spiro atoms. The maximum absolute atomic E-state index is 5.50. The van der Waals surface area contributed by atoms with Crippen molar-refractivity contribution in [1.82, 2.24) is 0 Å². The van der Waals surface area contributed by atoms with E-state index in [1.165, 1.54) is 4.91 Å². The van der Waals surface area contributed by atoms with E-state index in [1.807, 2.05) is 11.8 Å². The summed E-state index contributed by atoms with van der Waals surface area (Å²) < 4.78 is 0. The van der Waals surface area contributed by atoms with Gasteiger partial charge in [-0.25, -0.2) is 0 Å². The number of hydrogen-bond acceptors (Lipinski definition) is 2. The highest BCUT2D eigenvalue weighted by Crippen LogP contribution is 2.30. The Labute approximate surface area is 93.5 Å². The molecule has 0 aromatic rings. The molecule has 1 unspecified atom stereocenters. The number of hydrogen-bond donors (Lipinski definition) is 1. The highest BCUT2D eigenvalue weighted by atomic mass is 32.2. The van der Waals surface area contributed by atoms with Crippen LogP contribution in [0, 0.1) is 11.3 Å². The van der Waals surface area contributed by atoms with Crippen LogP contribution >= 0.6 is 11.8 Å². The Morgan fingerprint density at radius 2 is 2.00 bits per heavy atom. The molecule has 2 heteroatoms. The van der Waals surface area contributed by atoms with Gasteiger partial charge in [0.15, 0.2) is 0 Å². The lowest BCUT2D eigenvalue weighted by Gasteiger charge is -2.25. The standard InChI is InChI=1S/C12H25NS/c1-6-11(14-8-7-13)9-10(2)12(3,4)5/h9-10H,6-8,13H2,1-5H3/b11-9+. The third-order valence-corrected chi connectivity index (χ3v) is 3.79. The largest absolute Gasteiger partial charge is 0.330 e. The van der Waals surface area contributed by atoms with E-state index in [-0.39, 0.29) is 0 Å². The van der Waals surface area contributed by atoms with Gasteiger partial charge in [-0.15, -0.1) is 11.8 Å². The van der Waals surface area contributed by atoms with E-state index in [2.05, 4.69) is 40.7 Å². The van der Waals surface area contributed by atoms with Crippen LogP contribution in [-0.4, -0.2) is 12.3 Å². The minimum atomic E-state index is 0.365. The summed E-state index contributed by atoms with van der Waals surface area (Å²) in [6.45, 7) is 12.1. The Hall–Kier alpha value is 0.0500. The van der Waals surface area contributed by atoms with Gasteiger partial charge >= 0.3 is 0 Å². The first-order valence-electron chi connectivity index (χ1n) is 5.45. The smallest absolute Gasteiger partial charge is 0.01000 e. The van der Waals surface area contributed by atoms with Crippen molar-refractivity contribution in [2.45, 2.75) is 41.0 Å². The van der Waals surface area contributed by atoms with Crippen molar-refractivity contribution in [2.24, 2.45) is 17.1 Å². The van der Waals surface area contributed by atoms with Gasteiger partial charge in [0, 0.05) is 12.3 Å². The molecule has 2 N–H and O–H groups in total. The molecule has 1 atom stereocenters. The molecule has 0 amide bonds. The van der Waals surface area contributed by atoms with E-state index < -0.39 is 0 Å². The van der Waals surface area contributed by atoms with Gasteiger partial charge < -0.3 is 5.73 Å². The molecular weight excluding hydrogens is 190 g/mol. The van der Waals surface area contributed by atoms with Crippen LogP contribution in [0.4, 0.5) is 0 Å². The Bertz CT molecular complexity index is 179. The van der Waals surface area contributed by atoms with Gasteiger partial charge in [0.05, 0.1) is 0 Å². The number of allylic oxidation sites excluding steroid dienone is 2. The van der Waals surface area contributed by atoms with Crippen LogP contribution in [0.25, 0.3) is 0 Å². The summed E-state index contributed by atoms with van der Waals surface area (Å²) >= 11 is 1.90. The topological polar surface area (TPSA) is 26.0 Å². The Kier molecular flexibility index (Phi) is 6.54. The molecular formula is C12H25NS. The molecule has 84 valence electrons. The van der Waals surface area contributed by atoms with E-state index in [4.69, 9.17) is 5.73 Å². The van der Waals surface area contributed by atoms with Gasteiger partial charge in [-0.2, -0.15) is 0 Å². The minimum Gasteiger partial charge on any atom is -0.330 e. The maximum atomic E-state index is 5.50. The van der Waals surface area contributed by atoms with Crippen molar-refractivity contribution in [3.63, 3.8) is 0 Å². The number of thioether (sulfide) groups is 1. The molecule has 0 aromatic heterocycles. The van der Waals surface area contributed by atoms with Crippen molar-refractivity contribution in [2.75, 3.05) is 12.3 Å². The first kappa shape index (κ1) is 14.1. The molecule has 0 aromatic carbocycles. The molecule has 0 radical (unpaired) electrons. The lowest BCUT2D eigenvalue weighted by Crippen LogP contribution is -2.15. The average Bonchev–Trinajstić information content (AvgIpc) is 2.10. The third-order valence-electron chi connectivity index (χ3n) is 2.56. The van der Waals surface area contributed by atoms with Gasteiger partial charge in [-0.3, -0.25) is 0 Å². The molecule has 14 heavy (non-hydrogen) atoms. The summed E-state index contributed by atoms with van der Waals surface area (Å²) in [5, 5.41) is 0. The van der Waals surface area contributed by atoms with E-state index in [9.17, 15) is 0 Å². The fourth-order valence-corrected chi connectivity index (χ4v) is 1.87. The number of nitrogens with two attached hydrogens (primary N) is 1. The lowest BCUT2D eigenvalue weighted by atomic mass is 9.82. The third kappa shape index (κ3) is 5.71. The second-order valence-electron chi connectivity index (χ2n) is 4.78. The van der Waals surface area contributed by atoms with Crippen molar-refractivity contribution in [1.29, 1.82) is 0 Å². The van der Waals surface area contributed by atoms with Crippen LogP contribution in [0.15, 0.2) is 11.0 Å².